The minimum Gasteiger partial charge on any atom is -0.465 e. The summed E-state index contributed by atoms with van der Waals surface area (Å²) in [5.41, 5.74) is 4.52. The standard InChI is InChI=1S/C24H29N3O3S/c1-15-6-7-19(14-16(15)2)20-17(3)31-23(21(20)24(29)30-4)26-22(28)18-8-12-27(13-9-18)11-5-10-25/h6-7,14,18H,5,8-9,11-13H2,1-4H3,(H,26,28). The fraction of sp³-hybridized carbons (Fsp3) is 0.458. The summed E-state index contributed by atoms with van der Waals surface area (Å²) in [4.78, 5) is 28.9. The van der Waals surface area contributed by atoms with E-state index in [4.69, 9.17) is 10.00 Å². The van der Waals surface area contributed by atoms with Crippen molar-refractivity contribution in [2.75, 3.05) is 32.1 Å². The van der Waals surface area contributed by atoms with Crippen LogP contribution in [0.1, 0.15) is 45.6 Å². The Kier molecular flexibility index (Phi) is 7.47. The molecule has 1 aromatic carbocycles. The number of carbonyl (C=O) groups excluding carboxylic acids is 2. The van der Waals surface area contributed by atoms with Gasteiger partial charge in [0, 0.05) is 29.3 Å². The third kappa shape index (κ3) is 5.15. The number of esters is 1. The summed E-state index contributed by atoms with van der Waals surface area (Å²) in [6, 6.07) is 8.29. The van der Waals surface area contributed by atoms with Gasteiger partial charge in [-0.25, -0.2) is 4.79 Å². The molecule has 1 fully saturated rings. The first-order chi connectivity index (χ1) is 14.8. The number of thiophene rings is 1. The molecule has 1 N–H and O–H groups in total. The second-order valence-electron chi connectivity index (χ2n) is 8.04. The molecular weight excluding hydrogens is 410 g/mol. The second kappa shape index (κ2) is 10.1. The van der Waals surface area contributed by atoms with Gasteiger partial charge in [-0.15, -0.1) is 11.3 Å². The lowest BCUT2D eigenvalue weighted by molar-refractivity contribution is -0.121. The van der Waals surface area contributed by atoms with E-state index in [1.807, 2.05) is 26.0 Å². The van der Waals surface area contributed by atoms with Gasteiger partial charge in [-0.1, -0.05) is 18.2 Å². The molecule has 7 heteroatoms. The maximum atomic E-state index is 13.0. The van der Waals surface area contributed by atoms with Gasteiger partial charge in [0.2, 0.25) is 5.91 Å². The van der Waals surface area contributed by atoms with Gasteiger partial charge in [0.1, 0.15) is 10.6 Å². The summed E-state index contributed by atoms with van der Waals surface area (Å²) in [5.74, 6) is -0.603. The Morgan fingerprint density at radius 3 is 2.55 bits per heavy atom. The smallest absolute Gasteiger partial charge is 0.341 e. The van der Waals surface area contributed by atoms with Crippen LogP contribution in [0.5, 0.6) is 0 Å². The molecule has 0 bridgehead atoms. The average molecular weight is 440 g/mol. The van der Waals surface area contributed by atoms with E-state index in [9.17, 15) is 9.59 Å². The number of likely N-dealkylation sites (tertiary alicyclic amines) is 1. The molecule has 0 aliphatic carbocycles. The molecule has 0 unspecified atom stereocenters. The number of amides is 1. The molecular formula is C24H29N3O3S. The Hall–Kier alpha value is -2.69. The summed E-state index contributed by atoms with van der Waals surface area (Å²) in [6.07, 6.45) is 2.01. The first-order valence-corrected chi connectivity index (χ1v) is 11.4. The highest BCUT2D eigenvalue weighted by Gasteiger charge is 2.29. The fourth-order valence-electron chi connectivity index (χ4n) is 4.01. The Morgan fingerprint density at radius 1 is 1.23 bits per heavy atom. The summed E-state index contributed by atoms with van der Waals surface area (Å²) in [7, 11) is 1.36. The van der Waals surface area contributed by atoms with Crippen LogP contribution in [-0.2, 0) is 9.53 Å². The third-order valence-corrected chi connectivity index (χ3v) is 7.02. The van der Waals surface area contributed by atoms with E-state index in [2.05, 4.69) is 29.3 Å². The predicted octanol–water partition coefficient (Wildman–Crippen LogP) is 4.69. The maximum absolute atomic E-state index is 13.0. The zero-order chi connectivity index (χ0) is 22.5. The zero-order valence-electron chi connectivity index (χ0n) is 18.6. The van der Waals surface area contributed by atoms with Crippen molar-refractivity contribution in [3.8, 4) is 17.2 Å². The van der Waals surface area contributed by atoms with Crippen LogP contribution in [0.3, 0.4) is 0 Å². The number of hydrogen-bond acceptors (Lipinski definition) is 6. The molecule has 1 aromatic heterocycles. The van der Waals surface area contributed by atoms with Crippen LogP contribution >= 0.6 is 11.3 Å². The van der Waals surface area contributed by atoms with Gasteiger partial charge < -0.3 is 15.0 Å². The van der Waals surface area contributed by atoms with E-state index >= 15 is 0 Å². The van der Waals surface area contributed by atoms with Gasteiger partial charge in [-0.05, 0) is 63.4 Å². The topological polar surface area (TPSA) is 82.4 Å². The number of ether oxygens (including phenoxy) is 1. The molecule has 31 heavy (non-hydrogen) atoms. The predicted molar refractivity (Wildman–Crippen MR) is 123 cm³/mol. The third-order valence-electron chi connectivity index (χ3n) is 6.00. The molecule has 0 atom stereocenters. The lowest BCUT2D eigenvalue weighted by Gasteiger charge is -2.30. The van der Waals surface area contributed by atoms with Crippen molar-refractivity contribution < 1.29 is 14.3 Å². The van der Waals surface area contributed by atoms with Crippen molar-refractivity contribution in [1.82, 2.24) is 4.90 Å². The van der Waals surface area contributed by atoms with E-state index in [1.54, 1.807) is 0 Å². The number of nitrogens with one attached hydrogen (secondary N) is 1. The van der Waals surface area contributed by atoms with Crippen LogP contribution in [0.2, 0.25) is 0 Å². The van der Waals surface area contributed by atoms with Gasteiger partial charge in [0.15, 0.2) is 0 Å². The second-order valence-corrected chi connectivity index (χ2v) is 9.27. The Morgan fingerprint density at radius 2 is 1.94 bits per heavy atom. The SMILES string of the molecule is COC(=O)c1c(NC(=O)C2CCN(CCC#N)CC2)sc(C)c1-c1ccc(C)c(C)c1. The van der Waals surface area contributed by atoms with Gasteiger partial charge in [-0.2, -0.15) is 5.26 Å². The van der Waals surface area contributed by atoms with Gasteiger partial charge in [0.05, 0.1) is 13.2 Å². The van der Waals surface area contributed by atoms with Crippen molar-refractivity contribution in [2.45, 2.75) is 40.0 Å². The molecule has 164 valence electrons. The van der Waals surface area contributed by atoms with Crippen molar-refractivity contribution in [3.63, 3.8) is 0 Å². The molecule has 3 rings (SSSR count). The monoisotopic (exact) mass is 439 g/mol. The number of carbonyl (C=O) groups is 2. The number of hydrogen-bond donors (Lipinski definition) is 1. The Bertz CT molecular complexity index is 1010. The highest BCUT2D eigenvalue weighted by Crippen LogP contribution is 2.41. The maximum Gasteiger partial charge on any atom is 0.341 e. The Balaban J connectivity index is 1.83. The summed E-state index contributed by atoms with van der Waals surface area (Å²) < 4.78 is 5.07. The lowest BCUT2D eigenvalue weighted by atomic mass is 9.95. The van der Waals surface area contributed by atoms with Crippen molar-refractivity contribution >= 4 is 28.2 Å². The molecule has 2 heterocycles. The molecule has 0 radical (unpaired) electrons. The molecule has 1 aliphatic heterocycles. The van der Waals surface area contributed by atoms with Crippen LogP contribution < -0.4 is 5.32 Å². The van der Waals surface area contributed by atoms with E-state index in [0.717, 1.165) is 54.0 Å². The molecule has 0 spiro atoms. The molecule has 1 aliphatic rings. The van der Waals surface area contributed by atoms with Crippen LogP contribution in [-0.4, -0.2) is 43.5 Å². The number of nitriles is 1. The van der Waals surface area contributed by atoms with Crippen LogP contribution in [0.25, 0.3) is 11.1 Å². The van der Waals surface area contributed by atoms with E-state index in [0.29, 0.717) is 17.0 Å². The highest BCUT2D eigenvalue weighted by atomic mass is 32.1. The molecule has 1 saturated heterocycles. The molecule has 0 saturated carbocycles. The summed E-state index contributed by atoms with van der Waals surface area (Å²) >= 11 is 1.41. The number of piperidine rings is 1. The Labute approximate surface area is 187 Å². The number of anilines is 1. The van der Waals surface area contributed by atoms with Gasteiger partial charge in [0.25, 0.3) is 0 Å². The van der Waals surface area contributed by atoms with Crippen molar-refractivity contribution in [2.24, 2.45) is 5.92 Å². The van der Waals surface area contributed by atoms with Crippen molar-refractivity contribution in [3.05, 3.63) is 39.8 Å². The number of benzene rings is 1. The molecule has 2 aromatic rings. The minimum absolute atomic E-state index is 0.0574. The molecule has 1 amide bonds. The summed E-state index contributed by atoms with van der Waals surface area (Å²) in [5, 5.41) is 12.3. The van der Waals surface area contributed by atoms with Crippen LogP contribution in [0.15, 0.2) is 18.2 Å². The number of aryl methyl sites for hydroxylation is 3. The largest absolute Gasteiger partial charge is 0.465 e. The number of methoxy groups -OCH3 is 1. The van der Waals surface area contributed by atoms with Crippen LogP contribution in [0.4, 0.5) is 5.00 Å². The quantitative estimate of drug-likeness (QED) is 0.660. The first-order valence-electron chi connectivity index (χ1n) is 10.5. The normalized spacial score (nSPS) is 14.8. The number of nitrogens with zero attached hydrogens (tertiary/aromatic N) is 2. The summed E-state index contributed by atoms with van der Waals surface area (Å²) in [6.45, 7) is 8.43. The molecule has 6 nitrogen and oxygen atoms in total. The fourth-order valence-corrected chi connectivity index (χ4v) is 5.08. The minimum atomic E-state index is -0.445. The van der Waals surface area contributed by atoms with E-state index in [-0.39, 0.29) is 11.8 Å². The lowest BCUT2D eigenvalue weighted by Crippen LogP contribution is -2.38. The van der Waals surface area contributed by atoms with Crippen LogP contribution in [0, 0.1) is 38.0 Å². The van der Waals surface area contributed by atoms with E-state index < -0.39 is 5.97 Å². The first kappa shape index (κ1) is 23.0. The zero-order valence-corrected chi connectivity index (χ0v) is 19.4. The highest BCUT2D eigenvalue weighted by molar-refractivity contribution is 7.17. The van der Waals surface area contributed by atoms with E-state index in [1.165, 1.54) is 24.0 Å². The van der Waals surface area contributed by atoms with Gasteiger partial charge >= 0.3 is 5.97 Å². The van der Waals surface area contributed by atoms with Gasteiger partial charge in [-0.3, -0.25) is 4.79 Å². The average Bonchev–Trinajstić information content (AvgIpc) is 3.09. The van der Waals surface area contributed by atoms with Crippen molar-refractivity contribution in [1.29, 1.82) is 5.26 Å². The number of rotatable bonds is 6.